The average molecular weight is 520 g/mol. The summed E-state index contributed by atoms with van der Waals surface area (Å²) in [6.45, 7) is 9.84. The predicted octanol–water partition coefficient (Wildman–Crippen LogP) is 6.17. The maximum absolute atomic E-state index is 13.9. The summed E-state index contributed by atoms with van der Waals surface area (Å²) in [5.74, 6) is -1.13. The number of anilines is 1. The lowest BCUT2D eigenvalue weighted by Crippen LogP contribution is -2.31. The van der Waals surface area contributed by atoms with E-state index in [0.717, 1.165) is 26.4 Å². The first-order chi connectivity index (χ1) is 17.2. The van der Waals surface area contributed by atoms with E-state index in [1.54, 1.807) is 13.0 Å². The molecule has 0 bridgehead atoms. The molecule has 36 heavy (non-hydrogen) atoms. The fourth-order valence-corrected chi connectivity index (χ4v) is 6.69. The molecule has 0 aliphatic carbocycles. The van der Waals surface area contributed by atoms with Crippen molar-refractivity contribution in [3.63, 3.8) is 0 Å². The maximum Gasteiger partial charge on any atom is 0.296 e. The van der Waals surface area contributed by atoms with Crippen LogP contribution in [-0.4, -0.2) is 33.4 Å². The molecule has 7 nitrogen and oxygen atoms in total. The summed E-state index contributed by atoms with van der Waals surface area (Å²) >= 11 is 2.61. The van der Waals surface area contributed by atoms with Crippen LogP contribution in [-0.2, 0) is 4.79 Å². The Balaban J connectivity index is 1.73. The summed E-state index contributed by atoms with van der Waals surface area (Å²) in [4.78, 5) is 38.4. The van der Waals surface area contributed by atoms with Gasteiger partial charge in [0.25, 0.3) is 5.91 Å². The molecule has 0 spiro atoms. The van der Waals surface area contributed by atoms with Crippen LogP contribution < -0.4 is 9.64 Å². The summed E-state index contributed by atoms with van der Waals surface area (Å²) in [6, 6.07) is 10.4. The molecule has 1 amide bonds. The van der Waals surface area contributed by atoms with Crippen LogP contribution in [0.3, 0.4) is 0 Å². The number of fused-ring (bicyclic) bond motifs is 1. The Hall–Kier alpha value is -3.56. The summed E-state index contributed by atoms with van der Waals surface area (Å²) < 4.78 is 6.81. The average Bonchev–Trinajstić information content (AvgIpc) is 3.48. The normalized spacial score (nSPS) is 15.9. The number of benzene rings is 2. The van der Waals surface area contributed by atoms with Gasteiger partial charge in [0.2, 0.25) is 5.78 Å². The molecule has 184 valence electrons. The number of ether oxygens (including phenoxy) is 1. The number of hydrogen-bond donors (Lipinski definition) is 1. The monoisotopic (exact) mass is 519 g/mol. The molecular weight excluding hydrogens is 494 g/mol. The standard InChI is InChI=1S/C27H25N3O4S2/c1-6-34-18-10-8-7-9-17(18)22-20(23(31)25-15(4)28-16(5)35-25)24(32)26(33)30(22)27-29-21-14(3)11-13(2)12-19(21)36-27/h7-12,22,32H,6H2,1-5H3. The smallest absolute Gasteiger partial charge is 0.296 e. The molecule has 0 fully saturated rings. The van der Waals surface area contributed by atoms with E-state index in [4.69, 9.17) is 9.72 Å². The van der Waals surface area contributed by atoms with Gasteiger partial charge in [-0.05, 0) is 57.9 Å². The zero-order valence-corrected chi connectivity index (χ0v) is 22.2. The number of thiazole rings is 2. The zero-order chi connectivity index (χ0) is 25.7. The number of aliphatic hydroxyl groups is 1. The van der Waals surface area contributed by atoms with E-state index >= 15 is 0 Å². The van der Waals surface area contributed by atoms with Crippen molar-refractivity contribution in [3.05, 3.63) is 80.0 Å². The van der Waals surface area contributed by atoms with Crippen LogP contribution in [0.5, 0.6) is 5.75 Å². The number of aryl methyl sites for hydroxylation is 4. The molecule has 2 aromatic carbocycles. The quantitative estimate of drug-likeness (QED) is 0.306. The summed E-state index contributed by atoms with van der Waals surface area (Å²) in [6.07, 6.45) is 0. The van der Waals surface area contributed by atoms with Gasteiger partial charge in [-0.2, -0.15) is 0 Å². The lowest BCUT2D eigenvalue weighted by atomic mass is 9.94. The number of ketones is 1. The molecule has 3 heterocycles. The Morgan fingerprint density at radius 2 is 1.86 bits per heavy atom. The zero-order valence-electron chi connectivity index (χ0n) is 20.6. The topological polar surface area (TPSA) is 92.6 Å². The van der Waals surface area contributed by atoms with Crippen LogP contribution in [0.4, 0.5) is 5.13 Å². The van der Waals surface area contributed by atoms with E-state index in [1.165, 1.54) is 27.6 Å². The Morgan fingerprint density at radius 1 is 1.11 bits per heavy atom. The molecule has 0 radical (unpaired) electrons. The third-order valence-electron chi connectivity index (χ3n) is 6.10. The first kappa shape index (κ1) is 24.1. The van der Waals surface area contributed by atoms with Crippen molar-refractivity contribution >= 4 is 49.7 Å². The van der Waals surface area contributed by atoms with E-state index in [0.29, 0.717) is 33.6 Å². The number of amides is 1. The van der Waals surface area contributed by atoms with Crippen LogP contribution in [0.25, 0.3) is 10.2 Å². The van der Waals surface area contributed by atoms with Gasteiger partial charge < -0.3 is 9.84 Å². The van der Waals surface area contributed by atoms with E-state index in [1.807, 2.05) is 58.0 Å². The minimum Gasteiger partial charge on any atom is -0.503 e. The molecule has 1 N–H and O–H groups in total. The van der Waals surface area contributed by atoms with Crippen molar-refractivity contribution < 1.29 is 19.4 Å². The molecule has 1 aliphatic heterocycles. The van der Waals surface area contributed by atoms with Gasteiger partial charge in [0.05, 0.1) is 38.0 Å². The Morgan fingerprint density at radius 3 is 2.56 bits per heavy atom. The third kappa shape index (κ3) is 3.88. The van der Waals surface area contributed by atoms with Gasteiger partial charge in [-0.1, -0.05) is 35.6 Å². The Labute approximate surface area is 216 Å². The van der Waals surface area contributed by atoms with Crippen molar-refractivity contribution in [3.8, 4) is 5.75 Å². The van der Waals surface area contributed by atoms with Crippen LogP contribution in [0.1, 0.15) is 50.0 Å². The first-order valence-electron chi connectivity index (χ1n) is 11.6. The SMILES string of the molecule is CCOc1ccccc1C1C(C(=O)c2sc(C)nc2C)=C(O)C(=O)N1c1nc2c(C)cc(C)cc2s1. The molecule has 0 saturated carbocycles. The predicted molar refractivity (Wildman–Crippen MR) is 143 cm³/mol. The van der Waals surface area contributed by atoms with Crippen LogP contribution >= 0.6 is 22.7 Å². The highest BCUT2D eigenvalue weighted by atomic mass is 32.1. The fraction of sp³-hybridized carbons (Fsp3) is 0.259. The molecule has 1 unspecified atom stereocenters. The highest BCUT2D eigenvalue weighted by molar-refractivity contribution is 7.22. The maximum atomic E-state index is 13.9. The molecule has 2 aromatic heterocycles. The van der Waals surface area contributed by atoms with Crippen molar-refractivity contribution in [1.29, 1.82) is 0 Å². The molecule has 9 heteroatoms. The van der Waals surface area contributed by atoms with Crippen LogP contribution in [0.15, 0.2) is 47.7 Å². The second-order valence-electron chi connectivity index (χ2n) is 8.71. The number of carbonyl (C=O) groups excluding carboxylic acids is 2. The largest absolute Gasteiger partial charge is 0.503 e. The molecule has 4 aromatic rings. The van der Waals surface area contributed by atoms with Gasteiger partial charge in [0, 0.05) is 5.56 Å². The molecule has 1 aliphatic rings. The molecular formula is C27H25N3O4S2. The number of carbonyl (C=O) groups is 2. The van der Waals surface area contributed by atoms with Gasteiger partial charge in [-0.25, -0.2) is 9.97 Å². The molecule has 1 atom stereocenters. The summed E-state index contributed by atoms with van der Waals surface area (Å²) in [7, 11) is 0. The number of aromatic nitrogens is 2. The Kier molecular flexibility index (Phi) is 6.13. The van der Waals surface area contributed by atoms with Crippen molar-refractivity contribution in [2.24, 2.45) is 0 Å². The van der Waals surface area contributed by atoms with Gasteiger partial charge in [0.15, 0.2) is 10.9 Å². The molecule has 5 rings (SSSR count). The number of rotatable bonds is 6. The summed E-state index contributed by atoms with van der Waals surface area (Å²) in [5, 5.41) is 12.3. The van der Waals surface area contributed by atoms with Crippen molar-refractivity contribution in [1.82, 2.24) is 9.97 Å². The lowest BCUT2D eigenvalue weighted by molar-refractivity contribution is -0.117. The minimum atomic E-state index is -0.906. The van der Waals surface area contributed by atoms with Crippen molar-refractivity contribution in [2.45, 2.75) is 40.7 Å². The number of nitrogens with zero attached hydrogens (tertiary/aromatic N) is 3. The van der Waals surface area contributed by atoms with Crippen molar-refractivity contribution in [2.75, 3.05) is 11.5 Å². The van der Waals surface area contributed by atoms with Gasteiger partial charge >= 0.3 is 0 Å². The number of hydrogen-bond acceptors (Lipinski definition) is 8. The minimum absolute atomic E-state index is 0.00561. The van der Waals surface area contributed by atoms with E-state index in [9.17, 15) is 14.7 Å². The fourth-order valence-electron chi connectivity index (χ4n) is 4.65. The van der Waals surface area contributed by atoms with Crippen LogP contribution in [0.2, 0.25) is 0 Å². The lowest BCUT2D eigenvalue weighted by Gasteiger charge is -2.26. The molecule has 0 saturated heterocycles. The highest BCUT2D eigenvalue weighted by Gasteiger charge is 2.47. The van der Waals surface area contributed by atoms with E-state index in [2.05, 4.69) is 4.98 Å². The summed E-state index contributed by atoms with van der Waals surface area (Å²) in [5.41, 5.74) is 4.05. The van der Waals surface area contributed by atoms with E-state index < -0.39 is 23.5 Å². The second-order valence-corrected chi connectivity index (χ2v) is 10.9. The first-order valence-corrected chi connectivity index (χ1v) is 13.2. The highest BCUT2D eigenvalue weighted by Crippen LogP contribution is 2.47. The number of aliphatic hydroxyl groups excluding tert-OH is 1. The number of para-hydroxylation sites is 1. The van der Waals surface area contributed by atoms with Gasteiger partial charge in [-0.3, -0.25) is 14.5 Å². The number of Topliss-reactive ketones (excluding diaryl/α,β-unsaturated/α-hetero) is 1. The van der Waals surface area contributed by atoms with Gasteiger partial charge in [0.1, 0.15) is 11.8 Å². The van der Waals surface area contributed by atoms with Crippen LogP contribution in [0, 0.1) is 27.7 Å². The third-order valence-corrected chi connectivity index (χ3v) is 8.17. The van der Waals surface area contributed by atoms with Gasteiger partial charge in [-0.15, -0.1) is 11.3 Å². The van der Waals surface area contributed by atoms with E-state index in [-0.39, 0.29) is 5.57 Å². The Bertz CT molecular complexity index is 1570. The second kappa shape index (κ2) is 9.15.